The zero-order valence-corrected chi connectivity index (χ0v) is 11.3. The molecule has 4 heteroatoms. The molecule has 1 saturated carbocycles. The maximum Gasteiger partial charge on any atom is 0.144 e. The van der Waals surface area contributed by atoms with Crippen LogP contribution in [0.25, 0.3) is 0 Å². The van der Waals surface area contributed by atoms with E-state index in [2.05, 4.69) is 11.4 Å². The number of rotatable bonds is 3. The zero-order valence-electron chi connectivity index (χ0n) is 10.5. The van der Waals surface area contributed by atoms with E-state index in [0.717, 1.165) is 49.4 Å². The first-order valence-corrected chi connectivity index (χ1v) is 6.91. The predicted molar refractivity (Wildman–Crippen MR) is 71.4 cm³/mol. The molecule has 1 unspecified atom stereocenters. The highest BCUT2D eigenvalue weighted by Gasteiger charge is 2.28. The van der Waals surface area contributed by atoms with Crippen molar-refractivity contribution in [3.8, 4) is 5.75 Å². The van der Waals surface area contributed by atoms with Gasteiger partial charge in [-0.15, -0.1) is 0 Å². The van der Waals surface area contributed by atoms with Crippen LogP contribution in [-0.2, 0) is 4.74 Å². The minimum atomic E-state index is 0.0462. The van der Waals surface area contributed by atoms with Crippen LogP contribution in [-0.4, -0.2) is 25.8 Å². The fourth-order valence-electron chi connectivity index (χ4n) is 2.24. The van der Waals surface area contributed by atoms with Crippen LogP contribution in [0.1, 0.15) is 30.1 Å². The van der Waals surface area contributed by atoms with Crippen molar-refractivity contribution in [1.29, 1.82) is 0 Å². The molecule has 0 bridgehead atoms. The molecule has 2 fully saturated rings. The van der Waals surface area contributed by atoms with Crippen LogP contribution in [0.2, 0.25) is 5.02 Å². The highest BCUT2D eigenvalue weighted by atomic mass is 35.5. The van der Waals surface area contributed by atoms with Gasteiger partial charge >= 0.3 is 0 Å². The van der Waals surface area contributed by atoms with E-state index >= 15 is 0 Å². The van der Waals surface area contributed by atoms with Crippen molar-refractivity contribution >= 4 is 11.6 Å². The maximum absolute atomic E-state index is 6.32. The van der Waals surface area contributed by atoms with Crippen LogP contribution in [0.4, 0.5) is 0 Å². The molecule has 0 radical (unpaired) electrons. The van der Waals surface area contributed by atoms with E-state index in [-0.39, 0.29) is 6.10 Å². The first-order valence-electron chi connectivity index (χ1n) is 6.53. The average Bonchev–Trinajstić information content (AvgIpc) is 3.17. The second kappa shape index (κ2) is 5.08. The summed E-state index contributed by atoms with van der Waals surface area (Å²) in [5, 5.41) is 4.04. The maximum atomic E-state index is 6.32. The van der Waals surface area contributed by atoms with E-state index < -0.39 is 0 Å². The summed E-state index contributed by atoms with van der Waals surface area (Å²) in [6, 6.07) is 4.08. The van der Waals surface area contributed by atoms with Crippen molar-refractivity contribution in [3.63, 3.8) is 0 Å². The second-order valence-corrected chi connectivity index (χ2v) is 5.45. The molecule has 0 aromatic heterocycles. The number of halogens is 1. The van der Waals surface area contributed by atoms with Crippen LogP contribution < -0.4 is 10.1 Å². The Hall–Kier alpha value is -0.770. The molecule has 2 aliphatic rings. The Balaban J connectivity index is 1.92. The number of benzene rings is 1. The summed E-state index contributed by atoms with van der Waals surface area (Å²) in [4.78, 5) is 0. The lowest BCUT2D eigenvalue weighted by molar-refractivity contribution is 0.0257. The SMILES string of the molecule is Cc1cc(Cl)c(OC2CC2)c(C2CNCCO2)c1. The quantitative estimate of drug-likeness (QED) is 0.914. The Kier molecular flexibility index (Phi) is 3.46. The first-order chi connectivity index (χ1) is 8.74. The fraction of sp³-hybridized carbons (Fsp3) is 0.571. The van der Waals surface area contributed by atoms with Crippen molar-refractivity contribution in [2.45, 2.75) is 32.0 Å². The zero-order chi connectivity index (χ0) is 12.5. The lowest BCUT2D eigenvalue weighted by atomic mass is 10.0. The molecule has 0 spiro atoms. The van der Waals surface area contributed by atoms with E-state index in [4.69, 9.17) is 21.1 Å². The Bertz CT molecular complexity index is 440. The standard InChI is InChI=1S/C14H18ClNO2/c1-9-6-11(13-8-16-4-5-17-13)14(12(15)7-9)18-10-2-3-10/h6-7,10,13,16H,2-5,8H2,1H3. The van der Waals surface area contributed by atoms with E-state index in [0.29, 0.717) is 11.1 Å². The van der Waals surface area contributed by atoms with Gasteiger partial charge in [0.2, 0.25) is 0 Å². The van der Waals surface area contributed by atoms with Crippen LogP contribution in [0.3, 0.4) is 0 Å². The Labute approximate surface area is 112 Å². The van der Waals surface area contributed by atoms with Gasteiger partial charge in [-0.05, 0) is 37.5 Å². The lowest BCUT2D eigenvalue weighted by Gasteiger charge is -2.26. The largest absolute Gasteiger partial charge is 0.488 e. The van der Waals surface area contributed by atoms with Crippen LogP contribution in [0, 0.1) is 6.92 Å². The van der Waals surface area contributed by atoms with Crippen molar-refractivity contribution < 1.29 is 9.47 Å². The summed E-state index contributed by atoms with van der Waals surface area (Å²) >= 11 is 6.32. The third kappa shape index (κ3) is 2.63. The Morgan fingerprint density at radius 1 is 1.39 bits per heavy atom. The monoisotopic (exact) mass is 267 g/mol. The van der Waals surface area contributed by atoms with Crippen molar-refractivity contribution in [1.82, 2.24) is 5.32 Å². The topological polar surface area (TPSA) is 30.5 Å². The fourth-order valence-corrected chi connectivity index (χ4v) is 2.56. The van der Waals surface area contributed by atoms with Crippen molar-refractivity contribution in [3.05, 3.63) is 28.3 Å². The molecule has 98 valence electrons. The number of nitrogens with one attached hydrogen (secondary N) is 1. The molecule has 1 heterocycles. The van der Waals surface area contributed by atoms with Crippen LogP contribution in [0.5, 0.6) is 5.75 Å². The van der Waals surface area contributed by atoms with Gasteiger partial charge in [-0.2, -0.15) is 0 Å². The molecule has 1 atom stereocenters. The van der Waals surface area contributed by atoms with Crippen LogP contribution in [0.15, 0.2) is 12.1 Å². The molecule has 3 nitrogen and oxygen atoms in total. The van der Waals surface area contributed by atoms with Gasteiger partial charge in [-0.1, -0.05) is 11.6 Å². The number of aryl methyl sites for hydroxylation is 1. The molecule has 1 aromatic carbocycles. The number of hydrogen-bond acceptors (Lipinski definition) is 3. The molecule has 1 aliphatic heterocycles. The van der Waals surface area contributed by atoms with Gasteiger partial charge in [-0.25, -0.2) is 0 Å². The smallest absolute Gasteiger partial charge is 0.144 e. The third-order valence-corrected chi connectivity index (χ3v) is 3.58. The minimum Gasteiger partial charge on any atom is -0.488 e. The van der Waals surface area contributed by atoms with Gasteiger partial charge in [0, 0.05) is 18.7 Å². The number of ether oxygens (including phenoxy) is 2. The predicted octanol–water partition coefficient (Wildman–Crippen LogP) is 2.85. The Morgan fingerprint density at radius 3 is 2.89 bits per heavy atom. The molecule has 3 rings (SSSR count). The van der Waals surface area contributed by atoms with Gasteiger partial charge in [0.15, 0.2) is 0 Å². The van der Waals surface area contributed by atoms with E-state index in [1.54, 1.807) is 0 Å². The Morgan fingerprint density at radius 2 is 2.22 bits per heavy atom. The lowest BCUT2D eigenvalue weighted by Crippen LogP contribution is -2.33. The highest BCUT2D eigenvalue weighted by molar-refractivity contribution is 6.32. The van der Waals surface area contributed by atoms with Crippen molar-refractivity contribution in [2.75, 3.05) is 19.7 Å². The molecule has 18 heavy (non-hydrogen) atoms. The molecular formula is C14H18ClNO2. The van der Waals surface area contributed by atoms with Gasteiger partial charge in [-0.3, -0.25) is 0 Å². The second-order valence-electron chi connectivity index (χ2n) is 5.05. The molecular weight excluding hydrogens is 250 g/mol. The third-order valence-electron chi connectivity index (χ3n) is 3.30. The highest BCUT2D eigenvalue weighted by Crippen LogP contribution is 2.39. The van der Waals surface area contributed by atoms with Gasteiger partial charge in [0.25, 0.3) is 0 Å². The first kappa shape index (κ1) is 12.3. The van der Waals surface area contributed by atoms with E-state index in [1.165, 1.54) is 0 Å². The van der Waals surface area contributed by atoms with E-state index in [1.807, 2.05) is 13.0 Å². The van der Waals surface area contributed by atoms with Crippen LogP contribution >= 0.6 is 11.6 Å². The van der Waals surface area contributed by atoms with Gasteiger partial charge < -0.3 is 14.8 Å². The summed E-state index contributed by atoms with van der Waals surface area (Å²) in [6.07, 6.45) is 2.66. The molecule has 1 aromatic rings. The number of morpholine rings is 1. The van der Waals surface area contributed by atoms with Gasteiger partial charge in [0.05, 0.1) is 23.8 Å². The summed E-state index contributed by atoms with van der Waals surface area (Å²) in [5.74, 6) is 0.818. The molecule has 1 N–H and O–H groups in total. The van der Waals surface area contributed by atoms with Gasteiger partial charge in [0.1, 0.15) is 5.75 Å². The summed E-state index contributed by atoms with van der Waals surface area (Å²) in [5.41, 5.74) is 2.23. The molecule has 1 aliphatic carbocycles. The minimum absolute atomic E-state index is 0.0462. The molecule has 1 saturated heterocycles. The molecule has 0 amide bonds. The average molecular weight is 268 g/mol. The van der Waals surface area contributed by atoms with Crippen molar-refractivity contribution in [2.24, 2.45) is 0 Å². The summed E-state index contributed by atoms with van der Waals surface area (Å²) < 4.78 is 11.8. The summed E-state index contributed by atoms with van der Waals surface area (Å²) in [6.45, 7) is 4.52. The normalized spacial score (nSPS) is 24.0. The van der Waals surface area contributed by atoms with E-state index in [9.17, 15) is 0 Å². The number of hydrogen-bond donors (Lipinski definition) is 1. The summed E-state index contributed by atoms with van der Waals surface area (Å²) in [7, 11) is 0.